The van der Waals surface area contributed by atoms with Gasteiger partial charge in [-0.25, -0.2) is 8.78 Å². The summed E-state index contributed by atoms with van der Waals surface area (Å²) in [6.07, 6.45) is 2.93. The Balaban J connectivity index is 1.89. The molecule has 1 aromatic rings. The highest BCUT2D eigenvalue weighted by atomic mass is 19.3. The molecule has 2 fully saturated rings. The standard InChI is InChI=1S/C16H22F2N2/c17-16(18)9-7-15(19,8-10-16)13-5-1-2-6-14(13)20-11-3-4-12-20/h1-2,5-6H,3-4,7-12,19H2. The first-order valence-electron chi connectivity index (χ1n) is 7.51. The van der Waals surface area contributed by atoms with E-state index in [2.05, 4.69) is 11.0 Å². The zero-order chi connectivity index (χ0) is 14.2. The van der Waals surface area contributed by atoms with Gasteiger partial charge in [0.1, 0.15) is 0 Å². The van der Waals surface area contributed by atoms with Gasteiger partial charge in [0.25, 0.3) is 0 Å². The van der Waals surface area contributed by atoms with E-state index in [0.29, 0.717) is 12.8 Å². The molecule has 2 nitrogen and oxygen atoms in total. The first kappa shape index (κ1) is 13.8. The summed E-state index contributed by atoms with van der Waals surface area (Å²) in [5.41, 5.74) is 8.12. The highest BCUT2D eigenvalue weighted by Gasteiger charge is 2.43. The Kier molecular flexibility index (Phi) is 3.44. The van der Waals surface area contributed by atoms with Crippen molar-refractivity contribution in [2.45, 2.75) is 50.0 Å². The van der Waals surface area contributed by atoms with Crippen LogP contribution in [-0.4, -0.2) is 19.0 Å². The molecule has 4 heteroatoms. The van der Waals surface area contributed by atoms with Crippen molar-refractivity contribution >= 4 is 5.69 Å². The Morgan fingerprint density at radius 3 is 2.20 bits per heavy atom. The molecule has 110 valence electrons. The molecular formula is C16H22F2N2. The smallest absolute Gasteiger partial charge is 0.248 e. The SMILES string of the molecule is NC1(c2ccccc2N2CCCC2)CCC(F)(F)CC1. The van der Waals surface area contributed by atoms with Gasteiger partial charge in [0.2, 0.25) is 5.92 Å². The van der Waals surface area contributed by atoms with E-state index in [-0.39, 0.29) is 12.8 Å². The number of alkyl halides is 2. The van der Waals surface area contributed by atoms with Crippen molar-refractivity contribution in [3.8, 4) is 0 Å². The lowest BCUT2D eigenvalue weighted by molar-refractivity contribution is -0.0513. The highest BCUT2D eigenvalue weighted by molar-refractivity contribution is 5.57. The third kappa shape index (κ3) is 2.53. The number of nitrogens with two attached hydrogens (primary N) is 1. The largest absolute Gasteiger partial charge is 0.371 e. The molecule has 0 amide bonds. The van der Waals surface area contributed by atoms with Crippen molar-refractivity contribution in [2.24, 2.45) is 5.73 Å². The van der Waals surface area contributed by atoms with Gasteiger partial charge in [0.15, 0.2) is 0 Å². The van der Waals surface area contributed by atoms with Gasteiger partial charge in [0, 0.05) is 37.2 Å². The van der Waals surface area contributed by atoms with Crippen LogP contribution in [0.4, 0.5) is 14.5 Å². The summed E-state index contributed by atoms with van der Waals surface area (Å²) in [6.45, 7) is 2.09. The Labute approximate surface area is 118 Å². The van der Waals surface area contributed by atoms with Gasteiger partial charge in [-0.2, -0.15) is 0 Å². The van der Waals surface area contributed by atoms with E-state index in [1.165, 1.54) is 12.8 Å². The lowest BCUT2D eigenvalue weighted by atomic mass is 9.75. The molecule has 0 bridgehead atoms. The molecule has 1 saturated heterocycles. The van der Waals surface area contributed by atoms with Gasteiger partial charge in [-0.15, -0.1) is 0 Å². The van der Waals surface area contributed by atoms with Crippen LogP contribution in [0.2, 0.25) is 0 Å². The number of nitrogens with zero attached hydrogens (tertiary/aromatic N) is 1. The van der Waals surface area contributed by atoms with E-state index in [1.807, 2.05) is 18.2 Å². The van der Waals surface area contributed by atoms with Crippen molar-refractivity contribution in [3.63, 3.8) is 0 Å². The topological polar surface area (TPSA) is 29.3 Å². The van der Waals surface area contributed by atoms with Crippen LogP contribution < -0.4 is 10.6 Å². The van der Waals surface area contributed by atoms with Gasteiger partial charge >= 0.3 is 0 Å². The molecule has 3 rings (SSSR count). The predicted molar refractivity (Wildman–Crippen MR) is 77.2 cm³/mol. The average molecular weight is 280 g/mol. The number of benzene rings is 1. The maximum atomic E-state index is 13.4. The van der Waals surface area contributed by atoms with Gasteiger partial charge in [-0.1, -0.05) is 18.2 Å². The summed E-state index contributed by atoms with van der Waals surface area (Å²) in [7, 11) is 0. The molecule has 0 atom stereocenters. The molecule has 2 aliphatic rings. The summed E-state index contributed by atoms with van der Waals surface area (Å²) in [4.78, 5) is 2.34. The summed E-state index contributed by atoms with van der Waals surface area (Å²) in [6, 6.07) is 8.09. The van der Waals surface area contributed by atoms with Crippen LogP contribution in [0, 0.1) is 0 Å². The summed E-state index contributed by atoms with van der Waals surface area (Å²) in [5, 5.41) is 0. The molecule has 1 saturated carbocycles. The molecule has 0 aromatic heterocycles. The fourth-order valence-corrected chi connectivity index (χ4v) is 3.46. The lowest BCUT2D eigenvalue weighted by Gasteiger charge is -2.39. The molecule has 1 aliphatic heterocycles. The monoisotopic (exact) mass is 280 g/mol. The van der Waals surface area contributed by atoms with Crippen molar-refractivity contribution in [3.05, 3.63) is 29.8 Å². The number of halogens is 2. The molecule has 1 heterocycles. The minimum absolute atomic E-state index is 0.0994. The Bertz CT molecular complexity index is 471. The Morgan fingerprint density at radius 1 is 0.950 bits per heavy atom. The summed E-state index contributed by atoms with van der Waals surface area (Å²) in [5.74, 6) is -2.54. The zero-order valence-electron chi connectivity index (χ0n) is 11.7. The number of hydrogen-bond acceptors (Lipinski definition) is 2. The third-order valence-corrected chi connectivity index (χ3v) is 4.76. The Hall–Kier alpha value is -1.16. The number of hydrogen-bond donors (Lipinski definition) is 1. The third-order valence-electron chi connectivity index (χ3n) is 4.76. The van der Waals surface area contributed by atoms with E-state index < -0.39 is 11.5 Å². The van der Waals surface area contributed by atoms with E-state index in [1.54, 1.807) is 0 Å². The highest BCUT2D eigenvalue weighted by Crippen LogP contribution is 2.45. The molecule has 0 unspecified atom stereocenters. The predicted octanol–water partition coefficient (Wildman–Crippen LogP) is 3.65. The number of para-hydroxylation sites is 1. The van der Waals surface area contributed by atoms with Crippen molar-refractivity contribution in [1.29, 1.82) is 0 Å². The van der Waals surface area contributed by atoms with Crippen LogP contribution in [0.3, 0.4) is 0 Å². The van der Waals surface area contributed by atoms with E-state index in [9.17, 15) is 8.78 Å². The molecule has 1 aromatic carbocycles. The second kappa shape index (κ2) is 4.99. The first-order chi connectivity index (χ1) is 9.50. The molecule has 2 N–H and O–H groups in total. The lowest BCUT2D eigenvalue weighted by Crippen LogP contribution is -2.44. The number of rotatable bonds is 2. The second-order valence-corrected chi connectivity index (χ2v) is 6.22. The molecular weight excluding hydrogens is 258 g/mol. The van der Waals surface area contributed by atoms with E-state index in [4.69, 9.17) is 5.73 Å². The van der Waals surface area contributed by atoms with Gasteiger partial charge < -0.3 is 10.6 Å². The van der Waals surface area contributed by atoms with Crippen molar-refractivity contribution in [1.82, 2.24) is 0 Å². The maximum Gasteiger partial charge on any atom is 0.248 e. The molecule has 20 heavy (non-hydrogen) atoms. The summed E-state index contributed by atoms with van der Waals surface area (Å²) >= 11 is 0. The normalized spacial score (nSPS) is 24.9. The van der Waals surface area contributed by atoms with Crippen LogP contribution in [0.15, 0.2) is 24.3 Å². The first-order valence-corrected chi connectivity index (χ1v) is 7.51. The summed E-state index contributed by atoms with van der Waals surface area (Å²) < 4.78 is 26.8. The quantitative estimate of drug-likeness (QED) is 0.896. The molecule has 0 spiro atoms. The van der Waals surface area contributed by atoms with Gasteiger partial charge in [-0.05, 0) is 37.3 Å². The fourth-order valence-electron chi connectivity index (χ4n) is 3.46. The van der Waals surface area contributed by atoms with Crippen LogP contribution in [0.1, 0.15) is 44.1 Å². The van der Waals surface area contributed by atoms with Crippen LogP contribution >= 0.6 is 0 Å². The van der Waals surface area contributed by atoms with Crippen molar-refractivity contribution in [2.75, 3.05) is 18.0 Å². The van der Waals surface area contributed by atoms with Crippen molar-refractivity contribution < 1.29 is 8.78 Å². The minimum atomic E-state index is -2.54. The molecule has 1 aliphatic carbocycles. The molecule has 0 radical (unpaired) electrons. The minimum Gasteiger partial charge on any atom is -0.371 e. The van der Waals surface area contributed by atoms with Crippen LogP contribution in [0.5, 0.6) is 0 Å². The van der Waals surface area contributed by atoms with Crippen LogP contribution in [0.25, 0.3) is 0 Å². The second-order valence-electron chi connectivity index (χ2n) is 6.22. The average Bonchev–Trinajstić information content (AvgIpc) is 2.97. The van der Waals surface area contributed by atoms with Crippen LogP contribution in [-0.2, 0) is 5.54 Å². The number of anilines is 1. The Morgan fingerprint density at radius 2 is 1.55 bits per heavy atom. The van der Waals surface area contributed by atoms with Gasteiger partial charge in [-0.3, -0.25) is 0 Å². The fraction of sp³-hybridized carbons (Fsp3) is 0.625. The zero-order valence-corrected chi connectivity index (χ0v) is 11.7. The van der Waals surface area contributed by atoms with E-state index >= 15 is 0 Å². The van der Waals surface area contributed by atoms with Gasteiger partial charge in [0.05, 0.1) is 0 Å². The maximum absolute atomic E-state index is 13.4. The van der Waals surface area contributed by atoms with E-state index in [0.717, 1.165) is 24.3 Å².